The maximum Gasteiger partial charge on any atom is 2.00 e. The van der Waals surface area contributed by atoms with Crippen LogP contribution in [0.4, 0.5) is 0 Å². The zero-order valence-electron chi connectivity index (χ0n) is 11.3. The number of hydrogen-bond acceptors (Lipinski definition) is 4. The quantitative estimate of drug-likeness (QED) is 0.591. The molecule has 0 saturated carbocycles. The van der Waals surface area contributed by atoms with Crippen LogP contribution in [0, 0.1) is 0 Å². The first-order valence-electron chi connectivity index (χ1n) is 6.42. The summed E-state index contributed by atoms with van der Waals surface area (Å²) in [6, 6.07) is 0. The average Bonchev–Trinajstić information content (AvgIpc) is 2.46. The Hall–Kier alpha value is -2.11. The Kier molecular flexibility index (Phi) is 7.21. The van der Waals surface area contributed by atoms with Gasteiger partial charge in [0, 0.05) is 36.6 Å². The fraction of sp³-hybridized carbons (Fsp3) is 0.125. The third-order valence-electron chi connectivity index (χ3n) is 2.77. The van der Waals surface area contributed by atoms with Crippen molar-refractivity contribution in [2.24, 2.45) is 0 Å². The van der Waals surface area contributed by atoms with E-state index >= 15 is 0 Å². The van der Waals surface area contributed by atoms with Gasteiger partial charge in [-0.15, -0.1) is 0 Å². The number of carbonyl (C=O) groups is 2. The van der Waals surface area contributed by atoms with Gasteiger partial charge < -0.3 is 10.6 Å². The van der Waals surface area contributed by atoms with Crippen LogP contribution in [0.2, 0.25) is 0 Å². The molecule has 1 radical (unpaired) electrons. The van der Waals surface area contributed by atoms with Gasteiger partial charge in [0.25, 0.3) is 0 Å². The third-order valence-corrected chi connectivity index (χ3v) is 2.77. The summed E-state index contributed by atoms with van der Waals surface area (Å²) in [5.41, 5.74) is 1.28. The van der Waals surface area contributed by atoms with E-state index in [0.717, 1.165) is 0 Å². The molecule has 0 amide bonds. The molecular weight excluding hydrogens is 311 g/mol. The van der Waals surface area contributed by atoms with E-state index in [1.807, 2.05) is 12.2 Å². The van der Waals surface area contributed by atoms with Gasteiger partial charge in [0.2, 0.25) is 0 Å². The van der Waals surface area contributed by atoms with E-state index in [-0.39, 0.29) is 28.3 Å². The summed E-state index contributed by atoms with van der Waals surface area (Å²) in [6.07, 6.45) is 17.1. The predicted octanol–water partition coefficient (Wildman–Crippen LogP) is 1.32. The zero-order chi connectivity index (χ0) is 14.2. The first kappa shape index (κ1) is 16.9. The summed E-state index contributed by atoms with van der Waals surface area (Å²) in [4.78, 5) is 22.9. The van der Waals surface area contributed by atoms with Crippen LogP contribution in [-0.4, -0.2) is 24.7 Å². The summed E-state index contributed by atoms with van der Waals surface area (Å²) in [7, 11) is 0. The Labute approximate surface area is 134 Å². The van der Waals surface area contributed by atoms with Gasteiger partial charge in [-0.1, -0.05) is 24.3 Å². The van der Waals surface area contributed by atoms with Crippen molar-refractivity contribution in [1.82, 2.24) is 10.6 Å². The van der Waals surface area contributed by atoms with E-state index < -0.39 is 0 Å². The minimum Gasteiger partial charge on any atom is -0.389 e. The largest absolute Gasteiger partial charge is 2.00 e. The average molecular weight is 327 g/mol. The summed E-state index contributed by atoms with van der Waals surface area (Å²) in [5, 5.41) is 6.12. The molecular formula is C16H16CoN2O2+2. The summed E-state index contributed by atoms with van der Waals surface area (Å²) in [5.74, 6) is -0.000363. The van der Waals surface area contributed by atoms with Crippen LogP contribution in [0.3, 0.4) is 0 Å². The molecule has 0 bridgehead atoms. The van der Waals surface area contributed by atoms with Gasteiger partial charge in [-0.25, -0.2) is 0 Å². The first-order valence-corrected chi connectivity index (χ1v) is 6.42. The van der Waals surface area contributed by atoms with Crippen molar-refractivity contribution in [2.45, 2.75) is 0 Å². The molecule has 0 aromatic carbocycles. The summed E-state index contributed by atoms with van der Waals surface area (Å²) < 4.78 is 0. The number of allylic oxidation sites excluding steroid dienone is 10. The van der Waals surface area contributed by atoms with E-state index in [4.69, 9.17) is 0 Å². The van der Waals surface area contributed by atoms with Crippen LogP contribution >= 0.6 is 0 Å². The number of carbonyl (C=O) groups excluding carboxylic acids is 2. The molecule has 2 N–H and O–H groups in total. The van der Waals surface area contributed by atoms with Gasteiger partial charge in [-0.3, -0.25) is 9.59 Å². The second-order valence-electron chi connectivity index (χ2n) is 4.27. The molecule has 109 valence electrons. The van der Waals surface area contributed by atoms with Crippen molar-refractivity contribution in [2.75, 3.05) is 13.1 Å². The topological polar surface area (TPSA) is 58.2 Å². The SMILES string of the molecule is O=C1C=CC=C/C1=C/NCCN/C=C1/C=CC=CC1=O.[Co+2]. The molecule has 0 aliphatic heterocycles. The van der Waals surface area contributed by atoms with Crippen LogP contribution in [0.5, 0.6) is 0 Å². The first-order chi connectivity index (χ1) is 9.77. The number of nitrogens with one attached hydrogen (secondary N) is 2. The van der Waals surface area contributed by atoms with Crippen molar-refractivity contribution in [3.05, 3.63) is 72.2 Å². The molecule has 21 heavy (non-hydrogen) atoms. The van der Waals surface area contributed by atoms with Crippen molar-refractivity contribution < 1.29 is 26.4 Å². The van der Waals surface area contributed by atoms with Crippen molar-refractivity contribution >= 4 is 11.6 Å². The van der Waals surface area contributed by atoms with E-state index in [1.54, 1.807) is 36.7 Å². The number of ketones is 2. The Morgan fingerprint density at radius 2 is 1.10 bits per heavy atom. The summed E-state index contributed by atoms with van der Waals surface area (Å²) in [6.45, 7) is 1.32. The second-order valence-corrected chi connectivity index (χ2v) is 4.27. The molecule has 2 aliphatic rings. The molecule has 0 aromatic rings. The molecule has 5 heteroatoms. The number of rotatable bonds is 5. The molecule has 0 unspecified atom stereocenters. The molecule has 0 saturated heterocycles. The Bertz CT molecular complexity index is 529. The predicted molar refractivity (Wildman–Crippen MR) is 78.7 cm³/mol. The molecule has 0 spiro atoms. The fourth-order valence-corrected chi connectivity index (χ4v) is 1.71. The van der Waals surface area contributed by atoms with Gasteiger partial charge in [-0.2, -0.15) is 0 Å². The Morgan fingerprint density at radius 1 is 0.714 bits per heavy atom. The molecule has 0 heterocycles. The molecule has 2 aliphatic carbocycles. The van der Waals surface area contributed by atoms with Gasteiger partial charge in [0.15, 0.2) is 11.6 Å². The Balaban J connectivity index is 0.00000220. The van der Waals surface area contributed by atoms with Gasteiger partial charge in [-0.05, 0) is 24.3 Å². The summed E-state index contributed by atoms with van der Waals surface area (Å²) >= 11 is 0. The van der Waals surface area contributed by atoms with E-state index in [0.29, 0.717) is 24.2 Å². The van der Waals surface area contributed by atoms with Crippen molar-refractivity contribution in [3.8, 4) is 0 Å². The third kappa shape index (κ3) is 5.41. The maximum absolute atomic E-state index is 11.4. The van der Waals surface area contributed by atoms with Gasteiger partial charge >= 0.3 is 16.8 Å². The minimum atomic E-state index is -0.000182. The Morgan fingerprint density at radius 3 is 1.48 bits per heavy atom. The maximum atomic E-state index is 11.4. The van der Waals surface area contributed by atoms with Crippen molar-refractivity contribution in [3.63, 3.8) is 0 Å². The fourth-order valence-electron chi connectivity index (χ4n) is 1.71. The standard InChI is InChI=1S/C16H16N2O2.Co/c19-15-7-3-1-5-13(15)11-17-9-10-18-12-14-6-2-4-8-16(14)20;/h1-8,11-12,17-18H,9-10H2;/q;+2/b13-11-,14-12-;. The zero-order valence-corrected chi connectivity index (χ0v) is 12.4. The molecule has 0 atom stereocenters. The van der Waals surface area contributed by atoms with E-state index in [1.165, 1.54) is 12.2 Å². The van der Waals surface area contributed by atoms with Crippen LogP contribution in [0.1, 0.15) is 0 Å². The second kappa shape index (κ2) is 8.94. The van der Waals surface area contributed by atoms with Crippen LogP contribution in [0.15, 0.2) is 72.2 Å². The number of hydrogen-bond donors (Lipinski definition) is 2. The normalized spacial score (nSPS) is 20.0. The molecule has 4 nitrogen and oxygen atoms in total. The minimum absolute atomic E-state index is 0. The molecule has 2 rings (SSSR count). The van der Waals surface area contributed by atoms with Crippen LogP contribution < -0.4 is 10.6 Å². The van der Waals surface area contributed by atoms with E-state index in [9.17, 15) is 9.59 Å². The smallest absolute Gasteiger partial charge is 0.389 e. The monoisotopic (exact) mass is 327 g/mol. The van der Waals surface area contributed by atoms with Crippen LogP contribution in [0.25, 0.3) is 0 Å². The molecule has 0 fully saturated rings. The molecule has 0 aromatic heterocycles. The van der Waals surface area contributed by atoms with Crippen LogP contribution in [-0.2, 0) is 26.4 Å². The van der Waals surface area contributed by atoms with Gasteiger partial charge in [0.1, 0.15) is 0 Å². The van der Waals surface area contributed by atoms with Gasteiger partial charge in [0.05, 0.1) is 0 Å². The van der Waals surface area contributed by atoms with Crippen molar-refractivity contribution in [1.29, 1.82) is 0 Å². The van der Waals surface area contributed by atoms with E-state index in [2.05, 4.69) is 10.6 Å².